The van der Waals surface area contributed by atoms with Gasteiger partial charge in [0.1, 0.15) is 0 Å². The molecule has 124 valence electrons. The standard InChI is InChI=1S/C17H17N3O2S2/c18-13-5-1-11(2-6-13)12-3-7-14(8-4-12)20-16-10-24(21,22)9-15(16)19-17(20)23/h1-8,15-16H,9-10,18H2,(H,19,23)/t15-,16-/m0/s1. The molecule has 0 amide bonds. The highest BCUT2D eigenvalue weighted by Gasteiger charge is 2.47. The smallest absolute Gasteiger partial charge is 0.174 e. The van der Waals surface area contributed by atoms with Gasteiger partial charge in [-0.2, -0.15) is 0 Å². The van der Waals surface area contributed by atoms with E-state index in [1.165, 1.54) is 0 Å². The van der Waals surface area contributed by atoms with Crippen molar-refractivity contribution in [1.29, 1.82) is 0 Å². The highest BCUT2D eigenvalue weighted by Crippen LogP contribution is 2.31. The molecule has 0 aromatic heterocycles. The fraction of sp³-hybridized carbons (Fsp3) is 0.235. The minimum absolute atomic E-state index is 0.112. The average Bonchev–Trinajstić information content (AvgIpc) is 2.98. The van der Waals surface area contributed by atoms with Gasteiger partial charge in [-0.1, -0.05) is 24.3 Å². The van der Waals surface area contributed by atoms with Crippen molar-refractivity contribution in [1.82, 2.24) is 5.32 Å². The first kappa shape index (κ1) is 15.4. The van der Waals surface area contributed by atoms with Gasteiger partial charge in [-0.25, -0.2) is 8.42 Å². The monoisotopic (exact) mass is 359 g/mol. The molecule has 2 aromatic carbocycles. The second kappa shape index (κ2) is 5.46. The quantitative estimate of drug-likeness (QED) is 0.629. The van der Waals surface area contributed by atoms with Crippen LogP contribution in [0, 0.1) is 0 Å². The van der Waals surface area contributed by atoms with E-state index < -0.39 is 9.84 Å². The van der Waals surface area contributed by atoms with Crippen LogP contribution in [0.4, 0.5) is 11.4 Å². The van der Waals surface area contributed by atoms with Crippen molar-refractivity contribution in [3.05, 3.63) is 48.5 Å². The summed E-state index contributed by atoms with van der Waals surface area (Å²) in [6, 6.07) is 15.5. The van der Waals surface area contributed by atoms with E-state index in [4.69, 9.17) is 18.0 Å². The Hall–Kier alpha value is -2.12. The average molecular weight is 359 g/mol. The first-order valence-corrected chi connectivity index (χ1v) is 9.92. The number of hydrogen-bond donors (Lipinski definition) is 2. The summed E-state index contributed by atoms with van der Waals surface area (Å²) in [4.78, 5) is 1.93. The number of nitrogen functional groups attached to an aromatic ring is 1. The number of nitrogens with one attached hydrogen (secondary N) is 1. The summed E-state index contributed by atoms with van der Waals surface area (Å²) in [6.07, 6.45) is 0. The van der Waals surface area contributed by atoms with E-state index in [9.17, 15) is 8.42 Å². The van der Waals surface area contributed by atoms with Crippen LogP contribution in [0.15, 0.2) is 48.5 Å². The first-order chi connectivity index (χ1) is 11.4. The van der Waals surface area contributed by atoms with Crippen molar-refractivity contribution in [2.75, 3.05) is 22.1 Å². The molecule has 0 unspecified atom stereocenters. The molecular formula is C17H17N3O2S2. The summed E-state index contributed by atoms with van der Waals surface area (Å²) in [5.41, 5.74) is 9.53. The molecule has 2 aromatic rings. The van der Waals surface area contributed by atoms with E-state index in [1.54, 1.807) is 0 Å². The second-order valence-electron chi connectivity index (χ2n) is 6.24. The Morgan fingerprint density at radius 2 is 1.58 bits per heavy atom. The van der Waals surface area contributed by atoms with Crippen molar-refractivity contribution in [2.45, 2.75) is 12.1 Å². The molecule has 2 fully saturated rings. The Morgan fingerprint density at radius 1 is 1.00 bits per heavy atom. The Kier molecular flexibility index (Phi) is 3.51. The lowest BCUT2D eigenvalue weighted by molar-refractivity contribution is 0.600. The molecule has 2 aliphatic heterocycles. The predicted octanol–water partition coefficient (Wildman–Crippen LogP) is 1.80. The molecule has 0 radical (unpaired) electrons. The van der Waals surface area contributed by atoms with Gasteiger partial charge in [0.15, 0.2) is 14.9 Å². The van der Waals surface area contributed by atoms with Crippen LogP contribution in [-0.4, -0.2) is 37.1 Å². The van der Waals surface area contributed by atoms with Crippen molar-refractivity contribution in [2.24, 2.45) is 0 Å². The molecule has 5 nitrogen and oxygen atoms in total. The van der Waals surface area contributed by atoms with Gasteiger partial charge in [0.25, 0.3) is 0 Å². The molecule has 0 spiro atoms. The zero-order valence-corrected chi connectivity index (χ0v) is 14.5. The molecule has 2 saturated heterocycles. The van der Waals surface area contributed by atoms with Crippen LogP contribution >= 0.6 is 12.2 Å². The molecule has 0 bridgehead atoms. The van der Waals surface area contributed by atoms with Gasteiger partial charge in [-0.15, -0.1) is 0 Å². The SMILES string of the molecule is Nc1ccc(-c2ccc(N3C(=S)N[C@H]4CS(=O)(=O)C[C@@H]43)cc2)cc1. The first-order valence-electron chi connectivity index (χ1n) is 7.69. The maximum Gasteiger partial charge on any atom is 0.174 e. The second-order valence-corrected chi connectivity index (χ2v) is 8.78. The molecule has 0 saturated carbocycles. The largest absolute Gasteiger partial charge is 0.399 e. The molecule has 2 aliphatic rings. The van der Waals surface area contributed by atoms with Gasteiger partial charge >= 0.3 is 0 Å². The van der Waals surface area contributed by atoms with Gasteiger partial charge in [-0.3, -0.25) is 0 Å². The Bertz CT molecular complexity index is 892. The molecular weight excluding hydrogens is 342 g/mol. The number of benzene rings is 2. The third-order valence-electron chi connectivity index (χ3n) is 4.57. The van der Waals surface area contributed by atoms with Gasteiger partial charge in [0.2, 0.25) is 0 Å². The third kappa shape index (κ3) is 2.63. The lowest BCUT2D eigenvalue weighted by Gasteiger charge is -2.23. The van der Waals surface area contributed by atoms with Gasteiger partial charge in [0, 0.05) is 11.4 Å². The molecule has 2 atom stereocenters. The zero-order chi connectivity index (χ0) is 16.9. The lowest BCUT2D eigenvalue weighted by atomic mass is 10.0. The number of fused-ring (bicyclic) bond motifs is 1. The molecule has 2 heterocycles. The van der Waals surface area contributed by atoms with E-state index in [0.29, 0.717) is 5.11 Å². The summed E-state index contributed by atoms with van der Waals surface area (Å²) in [7, 11) is -3.00. The number of nitrogens with two attached hydrogens (primary N) is 1. The van der Waals surface area contributed by atoms with Crippen LogP contribution in [0.5, 0.6) is 0 Å². The summed E-state index contributed by atoms with van der Waals surface area (Å²) in [5, 5.41) is 3.73. The number of nitrogens with zero attached hydrogens (tertiary/aromatic N) is 1. The number of anilines is 2. The van der Waals surface area contributed by atoms with E-state index in [1.807, 2.05) is 53.4 Å². The predicted molar refractivity (Wildman–Crippen MR) is 101 cm³/mol. The highest BCUT2D eigenvalue weighted by atomic mass is 32.2. The molecule has 24 heavy (non-hydrogen) atoms. The van der Waals surface area contributed by atoms with Crippen LogP contribution in [0.25, 0.3) is 11.1 Å². The summed E-state index contributed by atoms with van der Waals surface area (Å²) in [5.74, 6) is 0.294. The fourth-order valence-corrected chi connectivity index (χ4v) is 5.68. The Morgan fingerprint density at radius 3 is 2.21 bits per heavy atom. The summed E-state index contributed by atoms with van der Waals surface area (Å²) < 4.78 is 23.7. The molecule has 7 heteroatoms. The minimum atomic E-state index is -3.00. The van der Waals surface area contributed by atoms with Crippen molar-refractivity contribution < 1.29 is 8.42 Å². The van der Waals surface area contributed by atoms with Crippen LogP contribution in [-0.2, 0) is 9.84 Å². The number of hydrogen-bond acceptors (Lipinski definition) is 4. The van der Waals surface area contributed by atoms with Gasteiger partial charge in [0.05, 0.1) is 23.6 Å². The summed E-state index contributed by atoms with van der Waals surface area (Å²) >= 11 is 5.40. The normalized spacial score (nSPS) is 24.7. The van der Waals surface area contributed by atoms with Crippen LogP contribution in [0.1, 0.15) is 0 Å². The lowest BCUT2D eigenvalue weighted by Crippen LogP contribution is -2.36. The van der Waals surface area contributed by atoms with Crippen molar-refractivity contribution >= 4 is 38.5 Å². The molecule has 3 N–H and O–H groups in total. The van der Waals surface area contributed by atoms with E-state index in [2.05, 4.69) is 5.32 Å². The topological polar surface area (TPSA) is 75.4 Å². The van der Waals surface area contributed by atoms with E-state index in [0.717, 1.165) is 22.5 Å². The maximum atomic E-state index is 11.9. The van der Waals surface area contributed by atoms with E-state index >= 15 is 0 Å². The Labute approximate surface area is 146 Å². The minimum Gasteiger partial charge on any atom is -0.399 e. The Balaban J connectivity index is 1.63. The number of rotatable bonds is 2. The number of thiocarbonyl (C=S) groups is 1. The molecule has 4 rings (SSSR count). The fourth-order valence-electron chi connectivity index (χ4n) is 3.40. The third-order valence-corrected chi connectivity index (χ3v) is 6.60. The maximum absolute atomic E-state index is 11.9. The highest BCUT2D eigenvalue weighted by molar-refractivity contribution is 7.91. The van der Waals surface area contributed by atoms with Crippen LogP contribution in [0.2, 0.25) is 0 Å². The summed E-state index contributed by atoms with van der Waals surface area (Å²) in [6.45, 7) is 0. The van der Waals surface area contributed by atoms with Gasteiger partial charge in [-0.05, 0) is 47.6 Å². The van der Waals surface area contributed by atoms with Gasteiger partial charge < -0.3 is 16.0 Å². The van der Waals surface area contributed by atoms with E-state index in [-0.39, 0.29) is 23.6 Å². The van der Waals surface area contributed by atoms with Crippen LogP contribution < -0.4 is 16.0 Å². The van der Waals surface area contributed by atoms with Crippen LogP contribution in [0.3, 0.4) is 0 Å². The number of sulfone groups is 1. The molecule has 0 aliphatic carbocycles. The van der Waals surface area contributed by atoms with Crippen molar-refractivity contribution in [3.63, 3.8) is 0 Å². The zero-order valence-electron chi connectivity index (χ0n) is 12.8. The van der Waals surface area contributed by atoms with Crippen molar-refractivity contribution in [3.8, 4) is 11.1 Å².